The van der Waals surface area contributed by atoms with Crippen LogP contribution in [-0.2, 0) is 6.18 Å². The summed E-state index contributed by atoms with van der Waals surface area (Å²) in [4.78, 5) is 15.8. The number of piperazine rings is 1. The quantitative estimate of drug-likeness (QED) is 0.860. The summed E-state index contributed by atoms with van der Waals surface area (Å²) in [6.45, 7) is 2.25. The number of aromatic nitrogens is 2. The Morgan fingerprint density at radius 2 is 1.77 bits per heavy atom. The van der Waals surface area contributed by atoms with Crippen molar-refractivity contribution in [3.05, 3.63) is 41.2 Å². The average molecular weight is 388 g/mol. The Labute approximate surface area is 153 Å². The van der Waals surface area contributed by atoms with Gasteiger partial charge in [0.05, 0.1) is 17.6 Å². The van der Waals surface area contributed by atoms with Crippen LogP contribution in [0.4, 0.5) is 23.7 Å². The first-order valence-corrected chi connectivity index (χ1v) is 8.29. The molecule has 1 aliphatic heterocycles. The van der Waals surface area contributed by atoms with E-state index < -0.39 is 17.9 Å². The SMILES string of the molecule is CN1CCN(C(=O)Nc2cnn(-c3ccc(Cl)cc3)c2C(F)(F)F)CC1. The van der Waals surface area contributed by atoms with Crippen molar-refractivity contribution >= 4 is 23.3 Å². The molecule has 2 amide bonds. The number of benzene rings is 1. The third kappa shape index (κ3) is 3.94. The molecule has 3 rings (SSSR count). The molecule has 0 unspecified atom stereocenters. The molecule has 6 nitrogen and oxygen atoms in total. The lowest BCUT2D eigenvalue weighted by atomic mass is 10.3. The van der Waals surface area contributed by atoms with Crippen molar-refractivity contribution in [2.75, 3.05) is 38.5 Å². The molecular formula is C16H17ClF3N5O. The first kappa shape index (κ1) is 18.5. The normalized spacial score (nSPS) is 16.0. The van der Waals surface area contributed by atoms with Crippen LogP contribution < -0.4 is 5.32 Å². The fraction of sp³-hybridized carbons (Fsp3) is 0.375. The topological polar surface area (TPSA) is 53.4 Å². The molecule has 1 N–H and O–H groups in total. The van der Waals surface area contributed by atoms with Crippen molar-refractivity contribution in [1.29, 1.82) is 0 Å². The molecule has 26 heavy (non-hydrogen) atoms. The Morgan fingerprint density at radius 3 is 2.35 bits per heavy atom. The van der Waals surface area contributed by atoms with Gasteiger partial charge in [0, 0.05) is 31.2 Å². The number of anilines is 1. The molecule has 0 spiro atoms. The van der Waals surface area contributed by atoms with E-state index in [-0.39, 0.29) is 11.4 Å². The lowest BCUT2D eigenvalue weighted by Gasteiger charge is -2.32. The second kappa shape index (κ2) is 7.16. The van der Waals surface area contributed by atoms with Crippen LogP contribution in [0, 0.1) is 0 Å². The van der Waals surface area contributed by atoms with E-state index in [0.29, 0.717) is 31.2 Å². The fourth-order valence-electron chi connectivity index (χ4n) is 2.69. The molecular weight excluding hydrogens is 371 g/mol. The zero-order chi connectivity index (χ0) is 18.9. The lowest BCUT2D eigenvalue weighted by Crippen LogP contribution is -2.48. The van der Waals surface area contributed by atoms with E-state index in [4.69, 9.17) is 11.6 Å². The van der Waals surface area contributed by atoms with Gasteiger partial charge in [-0.3, -0.25) is 0 Å². The first-order valence-electron chi connectivity index (χ1n) is 7.91. The third-order valence-corrected chi connectivity index (χ3v) is 4.39. The van der Waals surface area contributed by atoms with Gasteiger partial charge in [-0.15, -0.1) is 0 Å². The molecule has 1 aromatic heterocycles. The number of hydrogen-bond acceptors (Lipinski definition) is 3. The van der Waals surface area contributed by atoms with Gasteiger partial charge in [0.1, 0.15) is 0 Å². The van der Waals surface area contributed by atoms with Crippen LogP contribution in [0.2, 0.25) is 5.02 Å². The van der Waals surface area contributed by atoms with Gasteiger partial charge >= 0.3 is 12.2 Å². The van der Waals surface area contributed by atoms with Gasteiger partial charge in [-0.25, -0.2) is 9.48 Å². The summed E-state index contributed by atoms with van der Waals surface area (Å²) in [6.07, 6.45) is -3.69. The third-order valence-electron chi connectivity index (χ3n) is 4.14. The Balaban J connectivity index is 1.88. The number of carbonyl (C=O) groups is 1. The van der Waals surface area contributed by atoms with Crippen LogP contribution in [0.25, 0.3) is 5.69 Å². The average Bonchev–Trinajstić information content (AvgIpc) is 3.00. The minimum absolute atomic E-state index is 0.196. The summed E-state index contributed by atoms with van der Waals surface area (Å²) in [5.74, 6) is 0. The maximum atomic E-state index is 13.6. The number of rotatable bonds is 2. The minimum atomic E-state index is -4.69. The summed E-state index contributed by atoms with van der Waals surface area (Å²) >= 11 is 5.78. The second-order valence-electron chi connectivity index (χ2n) is 6.01. The number of carbonyl (C=O) groups excluding carboxylic acids is 1. The van der Waals surface area contributed by atoms with Crippen molar-refractivity contribution < 1.29 is 18.0 Å². The van der Waals surface area contributed by atoms with E-state index in [9.17, 15) is 18.0 Å². The van der Waals surface area contributed by atoms with Gasteiger partial charge in [0.2, 0.25) is 0 Å². The van der Waals surface area contributed by atoms with Crippen molar-refractivity contribution in [1.82, 2.24) is 19.6 Å². The van der Waals surface area contributed by atoms with E-state index in [1.807, 2.05) is 11.9 Å². The monoisotopic (exact) mass is 387 g/mol. The van der Waals surface area contributed by atoms with E-state index in [0.717, 1.165) is 10.9 Å². The number of halogens is 4. The molecule has 140 valence electrons. The highest BCUT2D eigenvalue weighted by Crippen LogP contribution is 2.36. The molecule has 2 heterocycles. The summed E-state index contributed by atoms with van der Waals surface area (Å²) in [7, 11) is 1.92. The molecule has 1 aromatic carbocycles. The Morgan fingerprint density at radius 1 is 1.15 bits per heavy atom. The van der Waals surface area contributed by atoms with E-state index in [1.165, 1.54) is 29.2 Å². The Bertz CT molecular complexity index is 782. The standard InChI is InChI=1S/C16H17ClF3N5O/c1-23-6-8-24(9-7-23)15(26)22-13-10-21-25(14(13)16(18,19)20)12-4-2-11(17)3-5-12/h2-5,10H,6-9H2,1H3,(H,22,26). The summed E-state index contributed by atoms with van der Waals surface area (Å²) in [6, 6.07) is 5.23. The first-order chi connectivity index (χ1) is 12.3. The molecule has 1 fully saturated rings. The molecule has 0 aliphatic carbocycles. The fourth-order valence-corrected chi connectivity index (χ4v) is 2.82. The number of alkyl halides is 3. The Kier molecular flexibility index (Phi) is 5.10. The highest BCUT2D eigenvalue weighted by Gasteiger charge is 2.39. The molecule has 0 bridgehead atoms. The predicted octanol–water partition coefficient (Wildman–Crippen LogP) is 3.32. The van der Waals surface area contributed by atoms with Crippen molar-refractivity contribution in [2.24, 2.45) is 0 Å². The molecule has 10 heteroatoms. The van der Waals surface area contributed by atoms with Crippen molar-refractivity contribution in [3.63, 3.8) is 0 Å². The van der Waals surface area contributed by atoms with Gasteiger partial charge in [0.25, 0.3) is 0 Å². The minimum Gasteiger partial charge on any atom is -0.322 e. The highest BCUT2D eigenvalue weighted by molar-refractivity contribution is 6.30. The zero-order valence-corrected chi connectivity index (χ0v) is 14.7. The van der Waals surface area contributed by atoms with Crippen molar-refractivity contribution in [3.8, 4) is 5.69 Å². The molecule has 0 radical (unpaired) electrons. The number of nitrogens with zero attached hydrogens (tertiary/aromatic N) is 4. The lowest BCUT2D eigenvalue weighted by molar-refractivity contribution is -0.142. The number of amides is 2. The smallest absolute Gasteiger partial charge is 0.322 e. The molecule has 1 aliphatic rings. The van der Waals surface area contributed by atoms with Crippen molar-refractivity contribution in [2.45, 2.75) is 6.18 Å². The van der Waals surface area contributed by atoms with Gasteiger partial charge in [-0.2, -0.15) is 18.3 Å². The number of urea groups is 1. The number of likely N-dealkylation sites (N-methyl/N-ethyl adjacent to an activating group) is 1. The maximum Gasteiger partial charge on any atom is 0.435 e. The van der Waals surface area contributed by atoms with E-state index >= 15 is 0 Å². The number of hydrogen-bond donors (Lipinski definition) is 1. The van der Waals surface area contributed by atoms with Crippen LogP contribution in [0.1, 0.15) is 5.69 Å². The summed E-state index contributed by atoms with van der Waals surface area (Å²) in [5, 5.41) is 6.55. The molecule has 1 saturated heterocycles. The number of nitrogens with one attached hydrogen (secondary N) is 1. The van der Waals surface area contributed by atoms with Crippen LogP contribution in [0.15, 0.2) is 30.5 Å². The highest BCUT2D eigenvalue weighted by atomic mass is 35.5. The van der Waals surface area contributed by atoms with Gasteiger partial charge in [0.15, 0.2) is 5.69 Å². The zero-order valence-electron chi connectivity index (χ0n) is 13.9. The van der Waals surface area contributed by atoms with Crippen LogP contribution in [-0.4, -0.2) is 58.8 Å². The van der Waals surface area contributed by atoms with Crippen LogP contribution in [0.3, 0.4) is 0 Å². The molecule has 0 saturated carbocycles. The van der Waals surface area contributed by atoms with Gasteiger partial charge in [-0.05, 0) is 31.3 Å². The van der Waals surface area contributed by atoms with E-state index in [2.05, 4.69) is 10.4 Å². The van der Waals surface area contributed by atoms with E-state index in [1.54, 1.807) is 0 Å². The maximum absolute atomic E-state index is 13.6. The molecule has 2 aromatic rings. The summed E-state index contributed by atoms with van der Waals surface area (Å²) < 4.78 is 41.5. The summed E-state index contributed by atoms with van der Waals surface area (Å²) in [5.41, 5.74) is -1.22. The van der Waals surface area contributed by atoms with Crippen LogP contribution in [0.5, 0.6) is 0 Å². The Hall–Kier alpha value is -2.26. The second-order valence-corrected chi connectivity index (χ2v) is 6.45. The molecule has 0 atom stereocenters. The van der Waals surface area contributed by atoms with Crippen LogP contribution >= 0.6 is 11.6 Å². The van der Waals surface area contributed by atoms with Gasteiger partial charge in [-0.1, -0.05) is 11.6 Å². The van der Waals surface area contributed by atoms with Gasteiger partial charge < -0.3 is 15.1 Å². The largest absolute Gasteiger partial charge is 0.435 e. The predicted molar refractivity (Wildman–Crippen MR) is 91.7 cm³/mol.